The normalized spacial score (nSPS) is 24.4. The van der Waals surface area contributed by atoms with Crippen LogP contribution in [-0.4, -0.2) is 25.0 Å². The first-order chi connectivity index (χ1) is 13.2. The Morgan fingerprint density at radius 3 is 2.39 bits per heavy atom. The molecule has 2 atom stereocenters. The van der Waals surface area contributed by atoms with Gasteiger partial charge in [0.05, 0.1) is 29.0 Å². The Morgan fingerprint density at radius 1 is 1.18 bits per heavy atom. The summed E-state index contributed by atoms with van der Waals surface area (Å²) in [7, 11) is 1.79. The first-order valence-electron chi connectivity index (χ1n) is 8.49. The van der Waals surface area contributed by atoms with Gasteiger partial charge in [0.15, 0.2) is 5.41 Å². The quantitative estimate of drug-likeness (QED) is 0.803. The highest BCUT2D eigenvalue weighted by molar-refractivity contribution is 5.60. The van der Waals surface area contributed by atoms with Crippen LogP contribution in [0.3, 0.4) is 0 Å². The molecule has 0 aromatic heterocycles. The smallest absolute Gasteiger partial charge is 0.399 e. The lowest BCUT2D eigenvalue weighted by Crippen LogP contribution is -2.47. The molecule has 3 rings (SSSR count). The Morgan fingerprint density at radius 2 is 1.82 bits per heavy atom. The average molecular weight is 383 g/mol. The molecule has 0 bridgehead atoms. The summed E-state index contributed by atoms with van der Waals surface area (Å²) in [5, 5.41) is 29.4. The molecule has 142 valence electrons. The van der Waals surface area contributed by atoms with Crippen molar-refractivity contribution in [3.8, 4) is 18.2 Å². The van der Waals surface area contributed by atoms with Gasteiger partial charge in [0.1, 0.15) is 6.07 Å². The summed E-state index contributed by atoms with van der Waals surface area (Å²) in [5.74, 6) is -1.81. The summed E-state index contributed by atoms with van der Waals surface area (Å²) < 4.78 is 41.2. The van der Waals surface area contributed by atoms with Crippen LogP contribution in [0.4, 0.5) is 13.2 Å². The van der Waals surface area contributed by atoms with Crippen molar-refractivity contribution in [3.63, 3.8) is 0 Å². The molecule has 8 heteroatoms. The molecular formula is C20H16F3N5. The highest BCUT2D eigenvalue weighted by Crippen LogP contribution is 2.55. The van der Waals surface area contributed by atoms with E-state index in [2.05, 4.69) is 0 Å². The van der Waals surface area contributed by atoms with E-state index in [1.54, 1.807) is 13.1 Å². The van der Waals surface area contributed by atoms with Gasteiger partial charge in [0.25, 0.3) is 0 Å². The second kappa shape index (κ2) is 6.71. The van der Waals surface area contributed by atoms with E-state index in [-0.39, 0.29) is 16.8 Å². The fraction of sp³-hybridized carbons (Fsp3) is 0.350. The highest BCUT2D eigenvalue weighted by Gasteiger charge is 2.55. The molecule has 0 unspecified atom stereocenters. The van der Waals surface area contributed by atoms with Crippen molar-refractivity contribution in [2.24, 2.45) is 17.1 Å². The van der Waals surface area contributed by atoms with Crippen LogP contribution in [0.1, 0.15) is 17.0 Å². The van der Waals surface area contributed by atoms with Crippen molar-refractivity contribution in [1.82, 2.24) is 4.90 Å². The molecule has 0 fully saturated rings. The molecule has 1 aromatic carbocycles. The Kier molecular flexibility index (Phi) is 4.67. The number of allylic oxidation sites excluding steroid dienone is 2. The Bertz CT molecular complexity index is 986. The highest BCUT2D eigenvalue weighted by atomic mass is 19.4. The predicted octanol–water partition coefficient (Wildman–Crippen LogP) is 3.06. The zero-order valence-corrected chi connectivity index (χ0v) is 15.0. The lowest BCUT2D eigenvalue weighted by Gasteiger charge is -2.45. The molecule has 0 saturated carbocycles. The van der Waals surface area contributed by atoms with E-state index in [9.17, 15) is 29.0 Å². The van der Waals surface area contributed by atoms with E-state index in [4.69, 9.17) is 5.73 Å². The molecule has 0 radical (unpaired) electrons. The van der Waals surface area contributed by atoms with E-state index in [0.717, 1.165) is 6.07 Å². The van der Waals surface area contributed by atoms with Gasteiger partial charge in [-0.2, -0.15) is 29.0 Å². The van der Waals surface area contributed by atoms with Crippen molar-refractivity contribution >= 4 is 0 Å². The number of rotatable bonds is 1. The fourth-order valence-electron chi connectivity index (χ4n) is 4.19. The van der Waals surface area contributed by atoms with Crippen molar-refractivity contribution in [2.45, 2.75) is 12.1 Å². The number of hydrogen-bond acceptors (Lipinski definition) is 5. The molecule has 0 amide bonds. The number of benzene rings is 1. The maximum Gasteiger partial charge on any atom is 0.416 e. The minimum absolute atomic E-state index is 0.0157. The summed E-state index contributed by atoms with van der Waals surface area (Å²) >= 11 is 0. The lowest BCUT2D eigenvalue weighted by atomic mass is 9.57. The summed E-state index contributed by atoms with van der Waals surface area (Å²) in [6.45, 7) is 0.788. The molecule has 0 saturated heterocycles. The number of fused-ring (bicyclic) bond motifs is 1. The van der Waals surface area contributed by atoms with Gasteiger partial charge in [-0.05, 0) is 24.3 Å². The molecule has 1 aromatic rings. The molecule has 1 aliphatic carbocycles. The molecule has 1 heterocycles. The van der Waals surface area contributed by atoms with Crippen LogP contribution < -0.4 is 5.73 Å². The van der Waals surface area contributed by atoms with Gasteiger partial charge < -0.3 is 10.6 Å². The fourth-order valence-corrected chi connectivity index (χ4v) is 4.19. The molecule has 0 spiro atoms. The van der Waals surface area contributed by atoms with E-state index in [1.807, 2.05) is 23.1 Å². The first-order valence-corrected chi connectivity index (χ1v) is 8.49. The van der Waals surface area contributed by atoms with E-state index >= 15 is 0 Å². The zero-order valence-electron chi connectivity index (χ0n) is 15.0. The minimum Gasteiger partial charge on any atom is -0.399 e. The van der Waals surface area contributed by atoms with Gasteiger partial charge in [-0.3, -0.25) is 0 Å². The van der Waals surface area contributed by atoms with Gasteiger partial charge in [-0.15, -0.1) is 0 Å². The van der Waals surface area contributed by atoms with Crippen LogP contribution >= 0.6 is 0 Å². The van der Waals surface area contributed by atoms with Crippen molar-refractivity contribution in [3.05, 3.63) is 58.3 Å². The summed E-state index contributed by atoms with van der Waals surface area (Å²) in [6.07, 6.45) is -2.92. The van der Waals surface area contributed by atoms with E-state index < -0.39 is 29.0 Å². The third kappa shape index (κ3) is 2.72. The minimum atomic E-state index is -4.66. The maximum absolute atomic E-state index is 13.7. The summed E-state index contributed by atoms with van der Waals surface area (Å²) in [5.41, 5.74) is 3.18. The van der Waals surface area contributed by atoms with Gasteiger partial charge >= 0.3 is 6.18 Å². The van der Waals surface area contributed by atoms with Crippen LogP contribution in [0.5, 0.6) is 0 Å². The summed E-state index contributed by atoms with van der Waals surface area (Å²) in [6, 6.07) is 10.6. The number of nitriles is 3. The van der Waals surface area contributed by atoms with Crippen LogP contribution in [0.2, 0.25) is 0 Å². The first kappa shape index (κ1) is 19.5. The lowest BCUT2D eigenvalue weighted by molar-refractivity contribution is -0.138. The second-order valence-electron chi connectivity index (χ2n) is 6.98. The number of nitrogens with two attached hydrogens (primary N) is 1. The monoisotopic (exact) mass is 383 g/mol. The second-order valence-corrected chi connectivity index (χ2v) is 6.98. The number of likely N-dealkylation sites (N-methyl/N-ethyl adjacent to an activating group) is 1. The van der Waals surface area contributed by atoms with Crippen LogP contribution in [-0.2, 0) is 6.18 Å². The average Bonchev–Trinajstić information content (AvgIpc) is 2.67. The van der Waals surface area contributed by atoms with Crippen LogP contribution in [0.15, 0.2) is 47.2 Å². The molecule has 5 nitrogen and oxygen atoms in total. The number of alkyl halides is 3. The van der Waals surface area contributed by atoms with Crippen molar-refractivity contribution in [2.75, 3.05) is 20.1 Å². The van der Waals surface area contributed by atoms with Crippen LogP contribution in [0.25, 0.3) is 0 Å². The Balaban J connectivity index is 2.40. The van der Waals surface area contributed by atoms with Gasteiger partial charge in [0, 0.05) is 24.9 Å². The maximum atomic E-state index is 13.7. The van der Waals surface area contributed by atoms with Gasteiger partial charge in [0.2, 0.25) is 0 Å². The zero-order chi connectivity index (χ0) is 20.7. The third-order valence-corrected chi connectivity index (χ3v) is 5.45. The molecule has 28 heavy (non-hydrogen) atoms. The number of hydrogen-bond donors (Lipinski definition) is 1. The Labute approximate surface area is 160 Å². The van der Waals surface area contributed by atoms with Gasteiger partial charge in [-0.25, -0.2) is 0 Å². The molecule has 1 aliphatic heterocycles. The number of nitrogens with zero attached hydrogens (tertiary/aromatic N) is 4. The predicted molar refractivity (Wildman–Crippen MR) is 93.7 cm³/mol. The van der Waals surface area contributed by atoms with E-state index in [1.165, 1.54) is 18.2 Å². The SMILES string of the molecule is CN1CC=C2C(C#N)=C(N)C(C#N)(C#N)[C@H](c3ccccc3C(F)(F)F)[C@@H]2C1. The van der Waals surface area contributed by atoms with Crippen molar-refractivity contribution < 1.29 is 13.2 Å². The largest absolute Gasteiger partial charge is 0.416 e. The Hall–Kier alpha value is -3.28. The standard InChI is InChI=1S/C20H16F3N5/c1-28-7-6-12-14(8-24)18(27)19(10-25,11-26)17(15(12)9-28)13-4-2-3-5-16(13)20(21,22)23/h2-6,15,17H,7,9,27H2,1H3/t15-,17-/m1/s1. The topological polar surface area (TPSA) is 101 Å². The summed E-state index contributed by atoms with van der Waals surface area (Å²) in [4.78, 5) is 1.87. The van der Waals surface area contributed by atoms with Gasteiger partial charge in [-0.1, -0.05) is 24.3 Å². The van der Waals surface area contributed by atoms with E-state index in [0.29, 0.717) is 18.7 Å². The third-order valence-electron chi connectivity index (χ3n) is 5.45. The number of halogens is 3. The van der Waals surface area contributed by atoms with Crippen molar-refractivity contribution in [1.29, 1.82) is 15.8 Å². The molecule has 2 N–H and O–H groups in total. The van der Waals surface area contributed by atoms with Crippen LogP contribution in [0, 0.1) is 45.3 Å². The molecular weight excluding hydrogens is 367 g/mol. The molecule has 2 aliphatic rings.